The van der Waals surface area contributed by atoms with Gasteiger partial charge in [0, 0.05) is 17.1 Å². The second-order valence-electron chi connectivity index (χ2n) is 4.61. The predicted molar refractivity (Wildman–Crippen MR) is 80.7 cm³/mol. The molecule has 5 heteroatoms. The smallest absolute Gasteiger partial charge is 0.319 e. The van der Waals surface area contributed by atoms with Crippen LogP contribution in [-0.4, -0.2) is 29.5 Å². The van der Waals surface area contributed by atoms with Gasteiger partial charge in [0.05, 0.1) is 6.10 Å². The fourth-order valence-electron chi connectivity index (χ4n) is 1.44. The van der Waals surface area contributed by atoms with E-state index in [4.69, 9.17) is 0 Å². The van der Waals surface area contributed by atoms with Gasteiger partial charge in [-0.25, -0.2) is 4.79 Å². The van der Waals surface area contributed by atoms with Gasteiger partial charge in [-0.05, 0) is 29.9 Å². The zero-order valence-electron chi connectivity index (χ0n) is 11.6. The Morgan fingerprint density at radius 3 is 2.79 bits per heavy atom. The zero-order chi connectivity index (χ0) is 14.3. The minimum Gasteiger partial charge on any atom is -0.391 e. The van der Waals surface area contributed by atoms with Crippen LogP contribution in [-0.2, 0) is 0 Å². The number of aliphatic hydroxyl groups excluding tert-OH is 1. The molecular weight excluding hydrogens is 260 g/mol. The van der Waals surface area contributed by atoms with Gasteiger partial charge in [0.15, 0.2) is 0 Å². The highest BCUT2D eigenvalue weighted by molar-refractivity contribution is 7.99. The highest BCUT2D eigenvalue weighted by Gasteiger charge is 2.10. The largest absolute Gasteiger partial charge is 0.391 e. The maximum Gasteiger partial charge on any atom is 0.319 e. The number of hydrogen-bond acceptors (Lipinski definition) is 3. The van der Waals surface area contributed by atoms with Crippen LogP contribution in [0.1, 0.15) is 20.8 Å². The molecule has 3 N–H and O–H groups in total. The summed E-state index contributed by atoms with van der Waals surface area (Å²) >= 11 is 1.73. The molecule has 4 nitrogen and oxygen atoms in total. The summed E-state index contributed by atoms with van der Waals surface area (Å²) in [6.45, 7) is 6.17. The first kappa shape index (κ1) is 15.9. The molecule has 1 aromatic carbocycles. The number of carbonyl (C=O) groups is 1. The molecule has 1 atom stereocenters. The lowest BCUT2D eigenvalue weighted by Gasteiger charge is -2.15. The van der Waals surface area contributed by atoms with Crippen molar-refractivity contribution in [3.63, 3.8) is 0 Å². The third kappa shape index (κ3) is 5.98. The lowest BCUT2D eigenvalue weighted by atomic mass is 10.1. The summed E-state index contributed by atoms with van der Waals surface area (Å²) in [6.07, 6.45) is -0.521. The van der Waals surface area contributed by atoms with Crippen LogP contribution in [0.4, 0.5) is 10.5 Å². The Hall–Kier alpha value is -1.20. The molecule has 0 aliphatic rings. The first-order valence-electron chi connectivity index (χ1n) is 6.48. The molecule has 0 unspecified atom stereocenters. The number of benzene rings is 1. The van der Waals surface area contributed by atoms with Gasteiger partial charge in [0.25, 0.3) is 0 Å². The average Bonchev–Trinajstić information content (AvgIpc) is 2.36. The summed E-state index contributed by atoms with van der Waals surface area (Å²) in [6, 6.07) is 7.42. The Morgan fingerprint density at radius 2 is 2.16 bits per heavy atom. The maximum atomic E-state index is 11.7. The van der Waals surface area contributed by atoms with Gasteiger partial charge < -0.3 is 15.7 Å². The van der Waals surface area contributed by atoms with Crippen LogP contribution in [0.2, 0.25) is 0 Å². The Morgan fingerprint density at radius 1 is 1.42 bits per heavy atom. The van der Waals surface area contributed by atoms with E-state index < -0.39 is 6.10 Å². The third-order valence-electron chi connectivity index (χ3n) is 2.64. The molecule has 1 aromatic rings. The van der Waals surface area contributed by atoms with E-state index in [1.807, 2.05) is 38.1 Å². The van der Waals surface area contributed by atoms with E-state index in [2.05, 4.69) is 17.6 Å². The van der Waals surface area contributed by atoms with Crippen LogP contribution < -0.4 is 10.6 Å². The van der Waals surface area contributed by atoms with E-state index in [-0.39, 0.29) is 18.5 Å². The van der Waals surface area contributed by atoms with Crippen molar-refractivity contribution in [3.8, 4) is 0 Å². The molecule has 0 fully saturated rings. The van der Waals surface area contributed by atoms with Gasteiger partial charge in [-0.3, -0.25) is 0 Å². The molecule has 0 aromatic heterocycles. The summed E-state index contributed by atoms with van der Waals surface area (Å²) in [7, 11) is 0. The lowest BCUT2D eigenvalue weighted by molar-refractivity contribution is 0.126. The number of carbonyl (C=O) groups excluding carboxylic acids is 1. The Bertz CT molecular complexity index is 410. The fraction of sp³-hybridized carbons (Fsp3) is 0.500. The minimum atomic E-state index is -0.521. The van der Waals surface area contributed by atoms with Crippen LogP contribution in [0, 0.1) is 5.92 Å². The average molecular weight is 282 g/mol. The van der Waals surface area contributed by atoms with Crippen LogP contribution in [0.3, 0.4) is 0 Å². The molecule has 0 heterocycles. The topological polar surface area (TPSA) is 61.4 Å². The third-order valence-corrected chi connectivity index (χ3v) is 3.52. The number of amides is 2. The first-order valence-corrected chi connectivity index (χ1v) is 7.47. The van der Waals surface area contributed by atoms with E-state index in [9.17, 15) is 9.90 Å². The number of thioether (sulfide) groups is 1. The summed E-state index contributed by atoms with van der Waals surface area (Å²) in [5.74, 6) is 1.13. The summed E-state index contributed by atoms with van der Waals surface area (Å²) in [4.78, 5) is 12.8. The van der Waals surface area contributed by atoms with Gasteiger partial charge in [-0.1, -0.05) is 26.8 Å². The van der Waals surface area contributed by atoms with Crippen molar-refractivity contribution in [1.29, 1.82) is 0 Å². The van der Waals surface area contributed by atoms with Crippen LogP contribution >= 0.6 is 11.8 Å². The number of anilines is 1. The maximum absolute atomic E-state index is 11.7. The van der Waals surface area contributed by atoms with Crippen LogP contribution in [0.5, 0.6) is 0 Å². The second kappa shape index (κ2) is 8.07. The number of rotatable bonds is 6. The molecule has 2 amide bonds. The molecule has 19 heavy (non-hydrogen) atoms. The van der Waals surface area contributed by atoms with E-state index in [1.54, 1.807) is 11.8 Å². The fourth-order valence-corrected chi connectivity index (χ4v) is 2.16. The normalized spacial score (nSPS) is 12.3. The molecule has 0 aliphatic carbocycles. The van der Waals surface area contributed by atoms with Crippen molar-refractivity contribution in [2.24, 2.45) is 5.92 Å². The van der Waals surface area contributed by atoms with Gasteiger partial charge >= 0.3 is 6.03 Å². The summed E-state index contributed by atoms with van der Waals surface area (Å²) < 4.78 is 0. The molecule has 0 aliphatic heterocycles. The molecule has 0 saturated carbocycles. The van der Waals surface area contributed by atoms with Crippen molar-refractivity contribution in [1.82, 2.24) is 5.32 Å². The molecule has 0 radical (unpaired) electrons. The number of aliphatic hydroxyl groups is 1. The van der Waals surface area contributed by atoms with Gasteiger partial charge in [-0.15, -0.1) is 11.8 Å². The highest BCUT2D eigenvalue weighted by atomic mass is 32.2. The summed E-state index contributed by atoms with van der Waals surface area (Å²) in [5, 5.41) is 15.0. The second-order valence-corrected chi connectivity index (χ2v) is 5.94. The predicted octanol–water partition coefficient (Wildman–Crippen LogP) is 2.94. The van der Waals surface area contributed by atoms with E-state index >= 15 is 0 Å². The molecule has 0 bridgehead atoms. The van der Waals surface area contributed by atoms with Crippen molar-refractivity contribution < 1.29 is 9.90 Å². The zero-order valence-corrected chi connectivity index (χ0v) is 12.5. The molecule has 106 valence electrons. The lowest BCUT2D eigenvalue weighted by Crippen LogP contribution is -2.37. The highest BCUT2D eigenvalue weighted by Crippen LogP contribution is 2.20. The van der Waals surface area contributed by atoms with Gasteiger partial charge in [0.2, 0.25) is 0 Å². The Balaban J connectivity index is 2.45. The Labute approximate surface area is 119 Å². The monoisotopic (exact) mass is 282 g/mol. The molecule has 0 spiro atoms. The van der Waals surface area contributed by atoms with Gasteiger partial charge in [0.1, 0.15) is 0 Å². The number of hydrogen-bond donors (Lipinski definition) is 3. The minimum absolute atomic E-state index is 0.129. The number of urea groups is 1. The summed E-state index contributed by atoms with van der Waals surface area (Å²) in [5.41, 5.74) is 0.759. The standard InChI is InChI=1S/C14H22N2O2S/c1-4-19-12-7-5-6-11(8-12)16-14(18)15-9-13(17)10(2)3/h5-8,10,13,17H,4,9H2,1-3H3,(H2,15,16,18)/t13-/m1/s1. The number of nitrogens with one attached hydrogen (secondary N) is 2. The Kier molecular flexibility index (Phi) is 6.73. The van der Waals surface area contributed by atoms with E-state index in [1.165, 1.54) is 0 Å². The molecule has 1 rings (SSSR count). The van der Waals surface area contributed by atoms with Crippen LogP contribution in [0.15, 0.2) is 29.2 Å². The van der Waals surface area contributed by atoms with Gasteiger partial charge in [-0.2, -0.15) is 0 Å². The van der Waals surface area contributed by atoms with Crippen LogP contribution in [0.25, 0.3) is 0 Å². The van der Waals surface area contributed by atoms with Crippen molar-refractivity contribution in [2.75, 3.05) is 17.6 Å². The van der Waals surface area contributed by atoms with E-state index in [0.29, 0.717) is 0 Å². The molecular formula is C14H22N2O2S. The first-order chi connectivity index (χ1) is 9.02. The van der Waals surface area contributed by atoms with Crippen molar-refractivity contribution in [3.05, 3.63) is 24.3 Å². The van der Waals surface area contributed by atoms with E-state index in [0.717, 1.165) is 16.3 Å². The quantitative estimate of drug-likeness (QED) is 0.703. The van der Waals surface area contributed by atoms with Crippen molar-refractivity contribution >= 4 is 23.5 Å². The molecule has 0 saturated heterocycles. The SMILES string of the molecule is CCSc1cccc(NC(=O)NC[C@@H](O)C(C)C)c1. The van der Waals surface area contributed by atoms with Crippen molar-refractivity contribution in [2.45, 2.75) is 31.8 Å².